The molecule has 10 heteroatoms. The topological polar surface area (TPSA) is 127 Å². The summed E-state index contributed by atoms with van der Waals surface area (Å²) < 4.78 is 44.8. The van der Waals surface area contributed by atoms with Crippen LogP contribution in [0.1, 0.15) is 25.8 Å². The molecular weight excluding hydrogens is 489 g/mol. The lowest BCUT2D eigenvalue weighted by atomic mass is 9.97. The molecule has 0 aromatic heterocycles. The molecule has 36 heavy (non-hydrogen) atoms. The summed E-state index contributed by atoms with van der Waals surface area (Å²) in [6, 6.07) is 9.62. The first kappa shape index (κ1) is 28.7. The zero-order chi connectivity index (χ0) is 26.9. The van der Waals surface area contributed by atoms with Gasteiger partial charge in [0.05, 0.1) is 22.6 Å². The minimum absolute atomic E-state index is 0.0103. The predicted octanol–water partition coefficient (Wildman–Crippen LogP) is 3.21. The predicted molar refractivity (Wildman–Crippen MR) is 132 cm³/mol. The number of Topliss-reactive ketones (excluding diaryl/α,β-unsaturated/α-hetero) is 1. The number of carbonyl (C=O) groups excluding carboxylic acids is 2. The van der Waals surface area contributed by atoms with Crippen LogP contribution in [-0.2, 0) is 30.6 Å². The number of ether oxygens (including phenoxy) is 1. The molecule has 8 nitrogen and oxygen atoms in total. The molecule has 0 unspecified atom stereocenters. The van der Waals surface area contributed by atoms with Gasteiger partial charge in [-0.1, -0.05) is 38.6 Å². The number of ketones is 1. The highest BCUT2D eigenvalue weighted by Gasteiger charge is 2.32. The average molecular weight is 520 g/mol. The highest BCUT2D eigenvalue weighted by molar-refractivity contribution is 7.91. The van der Waals surface area contributed by atoms with Crippen LogP contribution in [0.3, 0.4) is 0 Å². The van der Waals surface area contributed by atoms with Crippen LogP contribution in [0.4, 0.5) is 4.39 Å². The van der Waals surface area contributed by atoms with E-state index >= 15 is 0 Å². The van der Waals surface area contributed by atoms with E-state index in [0.717, 1.165) is 24.3 Å². The molecular formula is C26H30FNO7S. The summed E-state index contributed by atoms with van der Waals surface area (Å²) in [5.74, 6) is -5.58. The van der Waals surface area contributed by atoms with Crippen molar-refractivity contribution in [2.75, 3.05) is 12.4 Å². The first-order valence-electron chi connectivity index (χ1n) is 11.3. The molecule has 0 aliphatic heterocycles. The van der Waals surface area contributed by atoms with Crippen LogP contribution in [0.15, 0.2) is 66.1 Å². The number of benzene rings is 2. The second-order valence-electron chi connectivity index (χ2n) is 8.74. The Morgan fingerprint density at radius 3 is 2.22 bits per heavy atom. The maximum Gasteiger partial charge on any atom is 0.374 e. The van der Waals surface area contributed by atoms with Gasteiger partial charge in [0.25, 0.3) is 5.78 Å². The van der Waals surface area contributed by atoms with Gasteiger partial charge < -0.3 is 15.2 Å². The lowest BCUT2D eigenvalue weighted by Gasteiger charge is -2.22. The largest absolute Gasteiger partial charge is 0.490 e. The van der Waals surface area contributed by atoms with E-state index in [4.69, 9.17) is 9.84 Å². The molecule has 194 valence electrons. The van der Waals surface area contributed by atoms with Gasteiger partial charge in [-0.2, -0.15) is 0 Å². The summed E-state index contributed by atoms with van der Waals surface area (Å²) in [4.78, 5) is 36.5. The maximum atomic E-state index is 13.3. The van der Waals surface area contributed by atoms with Crippen molar-refractivity contribution in [1.29, 1.82) is 0 Å². The number of nitrogens with one attached hydrogen (secondary N) is 1. The summed E-state index contributed by atoms with van der Waals surface area (Å²) in [6.45, 7) is 7.40. The van der Waals surface area contributed by atoms with Crippen LogP contribution in [0.2, 0.25) is 0 Å². The second-order valence-corrected chi connectivity index (χ2v) is 10.8. The van der Waals surface area contributed by atoms with Gasteiger partial charge in [-0.15, -0.1) is 0 Å². The van der Waals surface area contributed by atoms with Crippen LogP contribution in [0.25, 0.3) is 0 Å². The third-order valence-electron chi connectivity index (χ3n) is 5.29. The standard InChI is InChI=1S/C26H30FNO7S/c1-4-13-35-21-9-5-18(6-10-21)15-19(16-36(33,34)22-11-7-20(27)8-12-22)25(30)28-23(14-17(2)3)24(29)26(31)32/h4-12,17,19,23H,1,13-16H2,2-3H3,(H,28,30)(H,31,32)/t19-,23+/m1/s1. The van der Waals surface area contributed by atoms with Crippen molar-refractivity contribution in [3.63, 3.8) is 0 Å². The van der Waals surface area contributed by atoms with E-state index in [1.54, 1.807) is 44.2 Å². The lowest BCUT2D eigenvalue weighted by molar-refractivity contribution is -0.150. The Labute approximate surface area is 210 Å². The van der Waals surface area contributed by atoms with Crippen molar-refractivity contribution in [3.05, 3.63) is 72.6 Å². The summed E-state index contributed by atoms with van der Waals surface area (Å²) in [6.07, 6.45) is 1.65. The molecule has 2 aromatic carbocycles. The molecule has 0 fully saturated rings. The second kappa shape index (κ2) is 13.0. The zero-order valence-electron chi connectivity index (χ0n) is 20.1. The van der Waals surface area contributed by atoms with Gasteiger partial charge in [-0.25, -0.2) is 17.6 Å². The zero-order valence-corrected chi connectivity index (χ0v) is 21.0. The van der Waals surface area contributed by atoms with Gasteiger partial charge in [0.2, 0.25) is 5.91 Å². The van der Waals surface area contributed by atoms with Gasteiger partial charge in [0.1, 0.15) is 18.2 Å². The molecule has 0 saturated carbocycles. The van der Waals surface area contributed by atoms with Gasteiger partial charge in [-0.3, -0.25) is 9.59 Å². The number of carboxylic acids is 1. The maximum absolute atomic E-state index is 13.3. The van der Waals surface area contributed by atoms with Crippen molar-refractivity contribution in [2.24, 2.45) is 11.8 Å². The Hall–Kier alpha value is -3.53. The van der Waals surface area contributed by atoms with E-state index < -0.39 is 51.0 Å². The molecule has 1 amide bonds. The number of rotatable bonds is 14. The highest BCUT2D eigenvalue weighted by atomic mass is 32.2. The minimum Gasteiger partial charge on any atom is -0.490 e. The fourth-order valence-electron chi connectivity index (χ4n) is 3.53. The third-order valence-corrected chi connectivity index (χ3v) is 7.12. The molecule has 0 spiro atoms. The normalized spacial score (nSPS) is 13.0. The first-order chi connectivity index (χ1) is 16.9. The Balaban J connectivity index is 2.34. The number of hydrogen-bond acceptors (Lipinski definition) is 6. The summed E-state index contributed by atoms with van der Waals surface area (Å²) in [5, 5.41) is 11.6. The quantitative estimate of drug-likeness (QED) is 0.223. The van der Waals surface area contributed by atoms with Gasteiger partial charge >= 0.3 is 5.97 Å². The van der Waals surface area contributed by atoms with Crippen molar-refractivity contribution >= 4 is 27.5 Å². The SMILES string of the molecule is C=CCOc1ccc(C[C@H](CS(=O)(=O)c2ccc(F)cc2)C(=O)N[C@@H](CC(C)C)C(=O)C(=O)O)cc1. The highest BCUT2D eigenvalue weighted by Crippen LogP contribution is 2.21. The van der Waals surface area contributed by atoms with Gasteiger partial charge in [-0.05, 0) is 60.7 Å². The van der Waals surface area contributed by atoms with Crippen molar-refractivity contribution in [3.8, 4) is 5.75 Å². The van der Waals surface area contributed by atoms with E-state index in [-0.39, 0.29) is 23.7 Å². The fraction of sp³-hybridized carbons (Fsp3) is 0.346. The van der Waals surface area contributed by atoms with Gasteiger partial charge in [0.15, 0.2) is 9.84 Å². The van der Waals surface area contributed by atoms with Crippen LogP contribution in [-0.4, -0.2) is 49.6 Å². The van der Waals surface area contributed by atoms with Crippen LogP contribution < -0.4 is 10.1 Å². The molecule has 0 aliphatic carbocycles. The number of carbonyl (C=O) groups is 3. The van der Waals surface area contributed by atoms with E-state index in [1.807, 2.05) is 0 Å². The molecule has 0 heterocycles. The number of halogens is 1. The van der Waals surface area contributed by atoms with Crippen LogP contribution in [0, 0.1) is 17.7 Å². The average Bonchev–Trinajstić information content (AvgIpc) is 2.82. The Morgan fingerprint density at radius 1 is 1.08 bits per heavy atom. The molecule has 0 radical (unpaired) electrons. The van der Waals surface area contributed by atoms with Crippen molar-refractivity contribution < 1.29 is 37.0 Å². The Morgan fingerprint density at radius 2 is 1.69 bits per heavy atom. The lowest BCUT2D eigenvalue weighted by Crippen LogP contribution is -2.48. The number of amides is 1. The van der Waals surface area contributed by atoms with E-state index in [9.17, 15) is 27.2 Å². The molecule has 2 atom stereocenters. The third kappa shape index (κ3) is 8.60. The molecule has 0 saturated heterocycles. The van der Waals surface area contributed by atoms with Gasteiger partial charge in [0, 0.05) is 0 Å². The molecule has 2 aromatic rings. The van der Waals surface area contributed by atoms with E-state index in [1.165, 1.54) is 0 Å². The minimum atomic E-state index is -4.02. The van der Waals surface area contributed by atoms with Crippen LogP contribution >= 0.6 is 0 Å². The number of carboxylic acid groups (broad SMARTS) is 1. The molecule has 2 rings (SSSR count). The first-order valence-corrected chi connectivity index (χ1v) is 13.0. The van der Waals surface area contributed by atoms with E-state index in [2.05, 4.69) is 11.9 Å². The van der Waals surface area contributed by atoms with E-state index in [0.29, 0.717) is 17.9 Å². The molecule has 0 aliphatic rings. The molecule has 2 N–H and O–H groups in total. The molecule has 0 bridgehead atoms. The van der Waals surface area contributed by atoms with Crippen molar-refractivity contribution in [2.45, 2.75) is 37.6 Å². The Bertz CT molecular complexity index is 1180. The summed E-state index contributed by atoms with van der Waals surface area (Å²) in [7, 11) is -4.02. The Kier molecular flexibility index (Phi) is 10.3. The fourth-order valence-corrected chi connectivity index (χ4v) is 5.08. The number of hydrogen-bond donors (Lipinski definition) is 2. The van der Waals surface area contributed by atoms with Crippen LogP contribution in [0.5, 0.6) is 5.75 Å². The number of sulfone groups is 1. The summed E-state index contributed by atoms with van der Waals surface area (Å²) >= 11 is 0. The monoisotopic (exact) mass is 519 g/mol. The summed E-state index contributed by atoms with van der Waals surface area (Å²) in [5.41, 5.74) is 0.625. The van der Waals surface area contributed by atoms with Crippen molar-refractivity contribution in [1.82, 2.24) is 5.32 Å². The smallest absolute Gasteiger partial charge is 0.374 e. The number of aliphatic carboxylic acids is 1.